The predicted molar refractivity (Wildman–Crippen MR) is 131 cm³/mol. The Labute approximate surface area is 208 Å². The number of likely N-dealkylation sites (N-methyl/N-ethyl adjacent to an activating group) is 1. The van der Waals surface area contributed by atoms with Crippen LogP contribution in [-0.2, 0) is 15.0 Å². The van der Waals surface area contributed by atoms with Gasteiger partial charge in [-0.15, -0.1) is 0 Å². The molecule has 0 aliphatic heterocycles. The lowest BCUT2D eigenvalue weighted by molar-refractivity contribution is -0.121. The number of alkyl halides is 1. The van der Waals surface area contributed by atoms with Gasteiger partial charge in [-0.05, 0) is 42.3 Å². The van der Waals surface area contributed by atoms with Crippen LogP contribution in [0.5, 0.6) is 5.75 Å². The fourth-order valence-electron chi connectivity index (χ4n) is 3.83. The van der Waals surface area contributed by atoms with Gasteiger partial charge >= 0.3 is 16.2 Å². The molecule has 2 aromatic rings. The summed E-state index contributed by atoms with van der Waals surface area (Å²) in [7, 11) is -1.59. The van der Waals surface area contributed by atoms with Crippen LogP contribution in [0.25, 0.3) is 0 Å². The molecule has 1 unspecified atom stereocenters. The molecule has 2 aromatic carbocycles. The summed E-state index contributed by atoms with van der Waals surface area (Å²) in [5.74, 6) is -1.38. The second-order valence-corrected chi connectivity index (χ2v) is 9.53. The van der Waals surface area contributed by atoms with E-state index in [9.17, 15) is 26.8 Å². The number of nitrogens with one attached hydrogen (secondary N) is 3. The molecule has 12 heteroatoms. The minimum atomic E-state index is -4.64. The molecule has 1 fully saturated rings. The second-order valence-electron chi connectivity index (χ2n) is 8.11. The van der Waals surface area contributed by atoms with Crippen molar-refractivity contribution < 1.29 is 31.5 Å². The minimum absolute atomic E-state index is 0.217. The highest BCUT2D eigenvalue weighted by Crippen LogP contribution is 2.52. The zero-order chi connectivity index (χ0) is 26.5. The Kier molecular flexibility index (Phi) is 7.98. The zero-order valence-electron chi connectivity index (χ0n) is 19.6. The number of halogens is 2. The van der Waals surface area contributed by atoms with Gasteiger partial charge in [0.1, 0.15) is 23.8 Å². The number of hydrogen-bond donors (Lipinski definition) is 3. The second kappa shape index (κ2) is 10.8. The first-order valence-electron chi connectivity index (χ1n) is 10.7. The molecule has 3 rings (SSSR count). The molecule has 3 N–H and O–H groups in total. The highest BCUT2D eigenvalue weighted by atomic mass is 32.2. The highest BCUT2D eigenvalue weighted by molar-refractivity contribution is 7.88. The number of ether oxygens (including phenoxy) is 1. The molecule has 3 amide bonds. The van der Waals surface area contributed by atoms with Crippen LogP contribution in [0.4, 0.5) is 19.3 Å². The summed E-state index contributed by atoms with van der Waals surface area (Å²) in [6.45, 7) is 1.55. The number of benzene rings is 2. The van der Waals surface area contributed by atoms with Gasteiger partial charge in [0.05, 0.1) is 12.8 Å². The van der Waals surface area contributed by atoms with E-state index in [0.29, 0.717) is 17.5 Å². The number of nitrogens with zero attached hydrogens (tertiary/aromatic N) is 1. The number of carbonyl (C=O) groups is 2. The Hall–Kier alpha value is -3.93. The standard InChI is InChI=1S/C24H26F2N4O5S/c1-16(26)13-18(15-25)28-36(33,34)29-23(32)27-24(14-21(24)17-7-5-4-6-8-17)22(31)30(2)19-9-11-20(35-3)12-10-19/h4-13,21,28H,1,14-15H2,2-3H3,(H2,27,29,32)/b18-13+/t21-,24?/m1/s1. The number of methoxy groups -OCH3 is 1. The van der Waals surface area contributed by atoms with E-state index in [1.807, 2.05) is 0 Å². The molecule has 0 saturated heterocycles. The molecule has 9 nitrogen and oxygen atoms in total. The van der Waals surface area contributed by atoms with Crippen molar-refractivity contribution in [1.29, 1.82) is 0 Å². The number of urea groups is 1. The van der Waals surface area contributed by atoms with E-state index in [0.717, 1.165) is 5.56 Å². The Morgan fingerprint density at radius 1 is 1.17 bits per heavy atom. The highest BCUT2D eigenvalue weighted by Gasteiger charge is 2.63. The van der Waals surface area contributed by atoms with Crippen LogP contribution in [0.1, 0.15) is 17.9 Å². The van der Waals surface area contributed by atoms with E-state index in [1.54, 1.807) is 64.0 Å². The topological polar surface area (TPSA) is 117 Å². The molecule has 36 heavy (non-hydrogen) atoms. The van der Waals surface area contributed by atoms with Crippen LogP contribution in [0.15, 0.2) is 78.8 Å². The minimum Gasteiger partial charge on any atom is -0.497 e. The largest absolute Gasteiger partial charge is 0.497 e. The Morgan fingerprint density at radius 2 is 1.81 bits per heavy atom. The summed E-state index contributed by atoms with van der Waals surface area (Å²) in [4.78, 5) is 27.6. The van der Waals surface area contributed by atoms with Gasteiger partial charge in [0, 0.05) is 18.7 Å². The first-order valence-corrected chi connectivity index (χ1v) is 12.2. The molecule has 0 heterocycles. The van der Waals surface area contributed by atoms with Crippen LogP contribution in [0.2, 0.25) is 0 Å². The van der Waals surface area contributed by atoms with E-state index in [2.05, 4.69) is 11.9 Å². The number of allylic oxidation sites excluding steroid dienone is 3. The Balaban J connectivity index is 1.83. The van der Waals surface area contributed by atoms with E-state index >= 15 is 0 Å². The quantitative estimate of drug-likeness (QED) is 0.417. The van der Waals surface area contributed by atoms with E-state index in [-0.39, 0.29) is 6.42 Å². The van der Waals surface area contributed by atoms with Crippen molar-refractivity contribution in [2.75, 3.05) is 25.7 Å². The predicted octanol–water partition coefficient (Wildman–Crippen LogP) is 3.05. The SMILES string of the molecule is C=C(F)/C=C(\CF)NS(=O)(=O)NC(=O)NC1(C(=O)N(C)c2ccc(OC)cc2)C[C@@H]1c1ccccc1. The molecule has 0 aromatic heterocycles. The third-order valence-electron chi connectivity index (χ3n) is 5.61. The van der Waals surface area contributed by atoms with Gasteiger partial charge in [0.25, 0.3) is 5.91 Å². The maximum absolute atomic E-state index is 13.6. The molecule has 2 atom stereocenters. The molecular weight excluding hydrogens is 494 g/mol. The lowest BCUT2D eigenvalue weighted by atomic mass is 10.0. The van der Waals surface area contributed by atoms with Crippen molar-refractivity contribution in [2.24, 2.45) is 0 Å². The van der Waals surface area contributed by atoms with E-state index in [1.165, 1.54) is 19.1 Å². The lowest BCUT2D eigenvalue weighted by Crippen LogP contribution is -2.55. The summed E-state index contributed by atoms with van der Waals surface area (Å²) in [6, 6.07) is 14.4. The summed E-state index contributed by atoms with van der Waals surface area (Å²) in [5, 5.41) is 2.49. The summed E-state index contributed by atoms with van der Waals surface area (Å²) in [5.41, 5.74) is -0.804. The van der Waals surface area contributed by atoms with Crippen LogP contribution < -0.4 is 24.4 Å². The number of hydrogen-bond acceptors (Lipinski definition) is 5. The van der Waals surface area contributed by atoms with E-state index < -0.39 is 51.8 Å². The van der Waals surface area contributed by atoms with Crippen molar-refractivity contribution in [3.05, 3.63) is 84.3 Å². The van der Waals surface area contributed by atoms with E-state index in [4.69, 9.17) is 4.74 Å². The average Bonchev–Trinajstić information content (AvgIpc) is 3.57. The van der Waals surface area contributed by atoms with Gasteiger partial charge in [-0.3, -0.25) is 9.52 Å². The fourth-order valence-corrected chi connectivity index (χ4v) is 4.64. The zero-order valence-corrected chi connectivity index (χ0v) is 20.4. The van der Waals surface area contributed by atoms with Crippen LogP contribution >= 0.6 is 0 Å². The van der Waals surface area contributed by atoms with Crippen LogP contribution in [0, 0.1) is 0 Å². The van der Waals surface area contributed by atoms with Crippen molar-refractivity contribution >= 4 is 27.8 Å². The average molecular weight is 521 g/mol. The fraction of sp³-hybridized carbons (Fsp3) is 0.250. The maximum Gasteiger partial charge on any atom is 0.330 e. The van der Waals surface area contributed by atoms with Gasteiger partial charge in [0.2, 0.25) is 0 Å². The van der Waals surface area contributed by atoms with Crippen molar-refractivity contribution in [3.63, 3.8) is 0 Å². The normalized spacial score (nSPS) is 19.1. The molecule has 0 radical (unpaired) electrons. The molecule has 192 valence electrons. The molecule has 0 bridgehead atoms. The first-order chi connectivity index (χ1) is 17.0. The molecule has 0 spiro atoms. The summed E-state index contributed by atoms with van der Waals surface area (Å²) < 4.78 is 59.1. The number of amides is 3. The third kappa shape index (κ3) is 6.19. The first kappa shape index (κ1) is 26.7. The maximum atomic E-state index is 13.6. The molecule has 1 saturated carbocycles. The van der Waals surface area contributed by atoms with Gasteiger partial charge in [0.15, 0.2) is 0 Å². The Bertz CT molecular complexity index is 1270. The van der Waals surface area contributed by atoms with Crippen molar-refractivity contribution in [2.45, 2.75) is 17.9 Å². The summed E-state index contributed by atoms with van der Waals surface area (Å²) in [6.07, 6.45) is 0.757. The Morgan fingerprint density at radius 3 is 2.36 bits per heavy atom. The lowest BCUT2D eigenvalue weighted by Gasteiger charge is -2.26. The smallest absolute Gasteiger partial charge is 0.330 e. The number of carbonyl (C=O) groups excluding carboxylic acids is 2. The van der Waals surface area contributed by atoms with Gasteiger partial charge in [-0.25, -0.2) is 18.3 Å². The van der Waals surface area contributed by atoms with Gasteiger partial charge in [-0.1, -0.05) is 36.9 Å². The third-order valence-corrected chi connectivity index (χ3v) is 6.60. The van der Waals surface area contributed by atoms with Gasteiger partial charge < -0.3 is 15.0 Å². The molecular formula is C24H26F2N4O5S. The van der Waals surface area contributed by atoms with Crippen LogP contribution in [0.3, 0.4) is 0 Å². The molecule has 1 aliphatic carbocycles. The van der Waals surface area contributed by atoms with Gasteiger partial charge in [-0.2, -0.15) is 8.42 Å². The monoisotopic (exact) mass is 520 g/mol. The summed E-state index contributed by atoms with van der Waals surface area (Å²) >= 11 is 0. The van der Waals surface area contributed by atoms with Crippen molar-refractivity contribution in [1.82, 2.24) is 14.8 Å². The van der Waals surface area contributed by atoms with Crippen molar-refractivity contribution in [3.8, 4) is 5.75 Å². The number of rotatable bonds is 10. The number of anilines is 1. The molecule has 1 aliphatic rings. The van der Waals surface area contributed by atoms with Crippen LogP contribution in [-0.4, -0.2) is 46.7 Å².